The van der Waals surface area contributed by atoms with Crippen molar-refractivity contribution in [3.05, 3.63) is 40.6 Å². The van der Waals surface area contributed by atoms with Crippen LogP contribution in [-0.4, -0.2) is 47.8 Å². The Morgan fingerprint density at radius 3 is 1.59 bits per heavy atom. The number of carbonyl (C=O) groups excluding carboxylic acids is 2. The molecule has 2 fully saturated rings. The Hall–Kier alpha value is -3.83. The number of amides is 2. The van der Waals surface area contributed by atoms with E-state index in [2.05, 4.69) is 5.32 Å². The summed E-state index contributed by atoms with van der Waals surface area (Å²) in [7, 11) is 0. The minimum atomic E-state index is -0.365. The molecule has 1 aromatic rings. The molecule has 8 nitrogen and oxygen atoms in total. The van der Waals surface area contributed by atoms with Gasteiger partial charge in [-0.15, -0.1) is 0 Å². The van der Waals surface area contributed by atoms with Crippen molar-refractivity contribution in [3.63, 3.8) is 0 Å². The second kappa shape index (κ2) is 8.91. The first kappa shape index (κ1) is 19.9. The molecular formula is C21H20N6O2. The minimum Gasteiger partial charge on any atom is -0.345 e. The lowest BCUT2D eigenvalue weighted by Gasteiger charge is -2.19. The number of nitriles is 3. The van der Waals surface area contributed by atoms with Crippen LogP contribution in [0.5, 0.6) is 0 Å². The summed E-state index contributed by atoms with van der Waals surface area (Å²) in [6.07, 6.45) is 3.77. The van der Waals surface area contributed by atoms with Crippen LogP contribution in [-0.2, 0) is 0 Å². The Kier molecular flexibility index (Phi) is 6.12. The van der Waals surface area contributed by atoms with Crippen molar-refractivity contribution >= 4 is 17.5 Å². The van der Waals surface area contributed by atoms with Crippen LogP contribution < -0.4 is 5.32 Å². The third-order valence-corrected chi connectivity index (χ3v) is 5.07. The first-order valence-electron chi connectivity index (χ1n) is 9.52. The van der Waals surface area contributed by atoms with Crippen LogP contribution >= 0.6 is 0 Å². The van der Waals surface area contributed by atoms with Gasteiger partial charge in [-0.25, -0.2) is 0 Å². The molecule has 0 atom stereocenters. The Bertz CT molecular complexity index is 918. The Balaban J connectivity index is 2.00. The van der Waals surface area contributed by atoms with Crippen LogP contribution in [0.3, 0.4) is 0 Å². The summed E-state index contributed by atoms with van der Waals surface area (Å²) in [6, 6.07) is 9.81. The third-order valence-electron chi connectivity index (χ3n) is 5.07. The molecule has 8 heteroatoms. The van der Waals surface area contributed by atoms with Gasteiger partial charge in [-0.3, -0.25) is 9.59 Å². The van der Waals surface area contributed by atoms with E-state index >= 15 is 0 Å². The fourth-order valence-corrected chi connectivity index (χ4v) is 3.58. The number of likely N-dealkylation sites (tertiary alicyclic amines) is 2. The molecule has 0 bridgehead atoms. The number of nitrogens with zero attached hydrogens (tertiary/aromatic N) is 5. The molecule has 2 amide bonds. The van der Waals surface area contributed by atoms with Gasteiger partial charge in [0, 0.05) is 43.0 Å². The first-order valence-corrected chi connectivity index (χ1v) is 9.52. The van der Waals surface area contributed by atoms with Gasteiger partial charge in [0.2, 0.25) is 0 Å². The smallest absolute Gasteiger partial charge is 0.253 e. The number of allylic oxidation sites excluding steroid dienone is 2. The van der Waals surface area contributed by atoms with E-state index in [0.29, 0.717) is 43.0 Å². The molecular weight excluding hydrogens is 368 g/mol. The van der Waals surface area contributed by atoms with Gasteiger partial charge in [-0.1, -0.05) is 0 Å². The third kappa shape index (κ3) is 4.36. The first-order chi connectivity index (χ1) is 14.1. The molecule has 0 aliphatic carbocycles. The maximum Gasteiger partial charge on any atom is 0.253 e. The fraction of sp³-hybridized carbons (Fsp3) is 0.381. The second-order valence-corrected chi connectivity index (χ2v) is 7.01. The van der Waals surface area contributed by atoms with E-state index < -0.39 is 0 Å². The zero-order valence-corrected chi connectivity index (χ0v) is 15.9. The Morgan fingerprint density at radius 1 is 0.759 bits per heavy atom. The molecule has 0 spiro atoms. The van der Waals surface area contributed by atoms with Gasteiger partial charge in [0.05, 0.1) is 0 Å². The monoisotopic (exact) mass is 388 g/mol. The molecule has 146 valence electrons. The standard InChI is InChI=1S/C21H20N6O2/c22-12-17(13-23)19(14-24)25-18-10-15(20(28)26-5-1-2-6-26)9-16(11-18)21(29)27-7-3-4-8-27/h9-11,25H,1-8H2. The van der Waals surface area contributed by atoms with Crippen LogP contribution in [0.4, 0.5) is 5.69 Å². The van der Waals surface area contributed by atoms with E-state index in [0.717, 1.165) is 25.7 Å². The number of nitrogens with one attached hydrogen (secondary N) is 1. The van der Waals surface area contributed by atoms with E-state index in [1.807, 2.05) is 0 Å². The zero-order chi connectivity index (χ0) is 20.8. The molecule has 0 saturated carbocycles. The van der Waals surface area contributed by atoms with E-state index in [4.69, 9.17) is 10.5 Å². The number of hydrogen-bond acceptors (Lipinski definition) is 6. The molecule has 0 aromatic heterocycles. The predicted octanol–water partition coefficient (Wildman–Crippen LogP) is 2.40. The average Bonchev–Trinajstić information content (AvgIpc) is 3.46. The van der Waals surface area contributed by atoms with Crippen molar-refractivity contribution in [2.24, 2.45) is 0 Å². The lowest BCUT2D eigenvalue weighted by atomic mass is 10.1. The van der Waals surface area contributed by atoms with E-state index in [1.54, 1.807) is 46.2 Å². The van der Waals surface area contributed by atoms with Crippen LogP contribution in [0.15, 0.2) is 29.5 Å². The van der Waals surface area contributed by atoms with Crippen LogP contribution in [0, 0.1) is 34.0 Å². The largest absolute Gasteiger partial charge is 0.345 e. The van der Waals surface area contributed by atoms with E-state index in [1.165, 1.54) is 0 Å². The van der Waals surface area contributed by atoms with Crippen molar-refractivity contribution < 1.29 is 9.59 Å². The van der Waals surface area contributed by atoms with Crippen molar-refractivity contribution in [1.29, 1.82) is 15.8 Å². The number of benzene rings is 1. The number of carbonyl (C=O) groups is 2. The fourth-order valence-electron chi connectivity index (χ4n) is 3.58. The van der Waals surface area contributed by atoms with E-state index in [-0.39, 0.29) is 23.1 Å². The molecule has 29 heavy (non-hydrogen) atoms. The van der Waals surface area contributed by atoms with Gasteiger partial charge in [0.25, 0.3) is 11.8 Å². The van der Waals surface area contributed by atoms with Crippen molar-refractivity contribution in [3.8, 4) is 18.2 Å². The SMILES string of the molecule is N#CC(C#N)=C(C#N)Nc1cc(C(=O)N2CCCC2)cc(C(=O)N2CCCC2)c1. The minimum absolute atomic E-state index is 0.176. The maximum absolute atomic E-state index is 12.9. The average molecular weight is 388 g/mol. The van der Waals surface area contributed by atoms with Gasteiger partial charge in [0.1, 0.15) is 23.9 Å². The van der Waals surface area contributed by atoms with Gasteiger partial charge in [-0.2, -0.15) is 15.8 Å². The summed E-state index contributed by atoms with van der Waals surface area (Å²) in [5.41, 5.74) is 0.410. The number of anilines is 1. The molecule has 2 aliphatic heterocycles. The highest BCUT2D eigenvalue weighted by atomic mass is 16.2. The summed E-state index contributed by atoms with van der Waals surface area (Å²) in [5.74, 6) is -0.352. The molecule has 0 radical (unpaired) electrons. The van der Waals surface area contributed by atoms with Crippen molar-refractivity contribution in [2.75, 3.05) is 31.5 Å². The zero-order valence-electron chi connectivity index (χ0n) is 15.9. The molecule has 2 heterocycles. The van der Waals surface area contributed by atoms with Crippen molar-refractivity contribution in [2.45, 2.75) is 25.7 Å². The molecule has 2 aliphatic rings. The summed E-state index contributed by atoms with van der Waals surface area (Å²) < 4.78 is 0. The number of rotatable bonds is 4. The molecule has 3 rings (SSSR count). The van der Waals surface area contributed by atoms with Gasteiger partial charge in [0.15, 0.2) is 5.57 Å². The van der Waals surface area contributed by atoms with E-state index in [9.17, 15) is 14.9 Å². The van der Waals surface area contributed by atoms with Gasteiger partial charge in [-0.05, 0) is 43.9 Å². The van der Waals surface area contributed by atoms with Gasteiger partial charge < -0.3 is 15.1 Å². The second-order valence-electron chi connectivity index (χ2n) is 7.01. The Labute approximate surface area is 169 Å². The maximum atomic E-state index is 12.9. The molecule has 1 aromatic carbocycles. The van der Waals surface area contributed by atoms with Crippen LogP contribution in [0.2, 0.25) is 0 Å². The lowest BCUT2D eigenvalue weighted by Crippen LogP contribution is -2.30. The lowest BCUT2D eigenvalue weighted by molar-refractivity contribution is 0.0791. The summed E-state index contributed by atoms with van der Waals surface area (Å²) >= 11 is 0. The summed E-state index contributed by atoms with van der Waals surface area (Å²) in [4.78, 5) is 29.2. The molecule has 2 saturated heterocycles. The predicted molar refractivity (Wildman–Crippen MR) is 104 cm³/mol. The quantitative estimate of drug-likeness (QED) is 0.790. The summed E-state index contributed by atoms with van der Waals surface area (Å²) in [6.45, 7) is 2.68. The van der Waals surface area contributed by atoms with Crippen LogP contribution in [0.25, 0.3) is 0 Å². The highest BCUT2D eigenvalue weighted by molar-refractivity contribution is 6.01. The van der Waals surface area contributed by atoms with Crippen LogP contribution in [0.1, 0.15) is 46.4 Å². The molecule has 1 N–H and O–H groups in total. The Morgan fingerprint density at radius 2 is 1.21 bits per heavy atom. The molecule has 0 unspecified atom stereocenters. The highest BCUT2D eigenvalue weighted by Crippen LogP contribution is 2.23. The highest BCUT2D eigenvalue weighted by Gasteiger charge is 2.24. The number of hydrogen-bond donors (Lipinski definition) is 1. The van der Waals surface area contributed by atoms with Gasteiger partial charge >= 0.3 is 0 Å². The topological polar surface area (TPSA) is 124 Å². The van der Waals surface area contributed by atoms with Crippen molar-refractivity contribution in [1.82, 2.24) is 9.80 Å². The summed E-state index contributed by atoms with van der Waals surface area (Å²) in [5, 5.41) is 30.1. The normalized spacial score (nSPS) is 15.2.